The van der Waals surface area contributed by atoms with Gasteiger partial charge in [-0.15, -0.1) is 11.8 Å². The highest BCUT2D eigenvalue weighted by Gasteiger charge is 2.22. The highest BCUT2D eigenvalue weighted by molar-refractivity contribution is 8.00. The Morgan fingerprint density at radius 2 is 1.45 bits per heavy atom. The van der Waals surface area contributed by atoms with Crippen molar-refractivity contribution in [1.82, 2.24) is 0 Å². The van der Waals surface area contributed by atoms with Crippen molar-refractivity contribution in [2.45, 2.75) is 17.1 Å². The topological polar surface area (TPSA) is 95.5 Å². The first kappa shape index (κ1) is 24.1. The molecule has 3 N–H and O–H groups in total. The maximum absolute atomic E-state index is 13.1. The van der Waals surface area contributed by atoms with E-state index in [1.54, 1.807) is 48.5 Å². The van der Waals surface area contributed by atoms with Gasteiger partial charge in [0.2, 0.25) is 11.8 Å². The second kappa shape index (κ2) is 11.4. The van der Waals surface area contributed by atoms with E-state index in [0.29, 0.717) is 16.4 Å². The molecule has 0 saturated heterocycles. The zero-order chi connectivity index (χ0) is 23.8. The lowest BCUT2D eigenvalue weighted by molar-refractivity contribution is -0.132. The van der Waals surface area contributed by atoms with Crippen LogP contribution in [0.2, 0.25) is 5.02 Å². The zero-order valence-corrected chi connectivity index (χ0v) is 19.2. The van der Waals surface area contributed by atoms with Crippen molar-refractivity contribution in [3.8, 4) is 0 Å². The number of hydrogen-bond acceptors (Lipinski definition) is 4. The minimum Gasteiger partial charge on any atom is -0.478 e. The molecular weight excluding hydrogens is 460 g/mol. The van der Waals surface area contributed by atoms with Gasteiger partial charge in [0.1, 0.15) is 5.25 Å². The Morgan fingerprint density at radius 3 is 2.06 bits per heavy atom. The van der Waals surface area contributed by atoms with Gasteiger partial charge in [-0.3, -0.25) is 9.59 Å². The third-order valence-electron chi connectivity index (χ3n) is 4.51. The second-order valence-corrected chi connectivity index (χ2v) is 8.67. The summed E-state index contributed by atoms with van der Waals surface area (Å²) in [5, 5.41) is 14.5. The molecule has 1 atom stereocenters. The number of halogens is 1. The molecule has 168 valence electrons. The quantitative estimate of drug-likeness (QED) is 0.280. The van der Waals surface area contributed by atoms with Crippen molar-refractivity contribution in [3.05, 3.63) is 101 Å². The molecule has 0 aromatic heterocycles. The van der Waals surface area contributed by atoms with E-state index in [2.05, 4.69) is 10.6 Å². The summed E-state index contributed by atoms with van der Waals surface area (Å²) in [6.07, 6.45) is 1.03. The summed E-state index contributed by atoms with van der Waals surface area (Å²) in [5.74, 6) is -1.86. The number of carbonyl (C=O) groups is 3. The van der Waals surface area contributed by atoms with Crippen LogP contribution in [0.4, 0.5) is 11.4 Å². The van der Waals surface area contributed by atoms with E-state index in [0.717, 1.165) is 16.5 Å². The molecule has 0 radical (unpaired) electrons. The van der Waals surface area contributed by atoms with Crippen LogP contribution in [-0.2, 0) is 14.4 Å². The summed E-state index contributed by atoms with van der Waals surface area (Å²) < 4.78 is 0. The van der Waals surface area contributed by atoms with Crippen LogP contribution in [0.1, 0.15) is 17.7 Å². The van der Waals surface area contributed by atoms with Crippen molar-refractivity contribution in [2.75, 3.05) is 10.6 Å². The van der Waals surface area contributed by atoms with Crippen LogP contribution in [0.25, 0.3) is 0 Å². The fraction of sp³-hybridized carbons (Fsp3) is 0.0800. The second-order valence-electron chi connectivity index (χ2n) is 7.05. The van der Waals surface area contributed by atoms with Gasteiger partial charge in [0, 0.05) is 32.9 Å². The van der Waals surface area contributed by atoms with Crippen LogP contribution in [0.15, 0.2) is 95.4 Å². The molecule has 33 heavy (non-hydrogen) atoms. The van der Waals surface area contributed by atoms with Gasteiger partial charge in [0.15, 0.2) is 0 Å². The fourth-order valence-electron chi connectivity index (χ4n) is 2.83. The molecule has 0 unspecified atom stereocenters. The van der Waals surface area contributed by atoms with Crippen molar-refractivity contribution in [2.24, 2.45) is 0 Å². The smallest absolute Gasteiger partial charge is 0.331 e. The highest BCUT2D eigenvalue weighted by Crippen LogP contribution is 2.36. The van der Waals surface area contributed by atoms with Gasteiger partial charge < -0.3 is 15.7 Å². The molecule has 0 spiro atoms. The number of carbonyl (C=O) groups excluding carboxylic acids is 2. The molecule has 0 saturated carbocycles. The number of benzene rings is 3. The normalized spacial score (nSPS) is 12.0. The van der Waals surface area contributed by atoms with E-state index < -0.39 is 17.1 Å². The van der Waals surface area contributed by atoms with Crippen molar-refractivity contribution in [1.29, 1.82) is 0 Å². The zero-order valence-electron chi connectivity index (χ0n) is 17.6. The first-order chi connectivity index (χ1) is 15.8. The third-order valence-corrected chi connectivity index (χ3v) is 6.03. The maximum Gasteiger partial charge on any atom is 0.331 e. The Morgan fingerprint density at radius 1 is 0.879 bits per heavy atom. The Bertz CT molecular complexity index is 1160. The number of aliphatic carboxylic acids is 1. The Kier molecular flexibility index (Phi) is 8.29. The largest absolute Gasteiger partial charge is 0.478 e. The predicted octanol–water partition coefficient (Wildman–Crippen LogP) is 5.78. The fourth-order valence-corrected chi connectivity index (χ4v) is 3.98. The maximum atomic E-state index is 13.1. The van der Waals surface area contributed by atoms with Crippen LogP contribution < -0.4 is 10.6 Å². The van der Waals surface area contributed by atoms with Crippen LogP contribution in [-0.4, -0.2) is 22.9 Å². The number of anilines is 2. The van der Waals surface area contributed by atoms with Crippen molar-refractivity contribution < 1.29 is 19.5 Å². The van der Waals surface area contributed by atoms with Gasteiger partial charge in [-0.2, -0.15) is 0 Å². The van der Waals surface area contributed by atoms with E-state index in [4.69, 9.17) is 16.7 Å². The summed E-state index contributed by atoms with van der Waals surface area (Å²) in [7, 11) is 0. The van der Waals surface area contributed by atoms with E-state index >= 15 is 0 Å². The summed E-state index contributed by atoms with van der Waals surface area (Å²) in [6, 6.07) is 23.3. The minimum absolute atomic E-state index is 0.0583. The van der Waals surface area contributed by atoms with E-state index in [1.165, 1.54) is 18.7 Å². The number of amides is 2. The molecule has 3 aromatic carbocycles. The van der Waals surface area contributed by atoms with Gasteiger partial charge in [-0.05, 0) is 61.0 Å². The summed E-state index contributed by atoms with van der Waals surface area (Å²) >= 11 is 7.30. The Balaban J connectivity index is 1.74. The van der Waals surface area contributed by atoms with E-state index in [9.17, 15) is 14.4 Å². The lowest BCUT2D eigenvalue weighted by Crippen LogP contribution is -2.19. The summed E-state index contributed by atoms with van der Waals surface area (Å²) in [5.41, 5.74) is 1.95. The van der Waals surface area contributed by atoms with Crippen molar-refractivity contribution >= 4 is 52.5 Å². The molecule has 0 bridgehead atoms. The summed E-state index contributed by atoms with van der Waals surface area (Å²) in [6.45, 7) is 1.35. The van der Waals surface area contributed by atoms with E-state index in [-0.39, 0.29) is 11.5 Å². The van der Waals surface area contributed by atoms with Crippen LogP contribution >= 0.6 is 23.4 Å². The highest BCUT2D eigenvalue weighted by atomic mass is 35.5. The van der Waals surface area contributed by atoms with Gasteiger partial charge in [0.25, 0.3) is 0 Å². The molecule has 0 aliphatic carbocycles. The Hall–Kier alpha value is -3.55. The standard InChI is InChI=1S/C25H21ClN2O4S/c1-16(25(31)32)15-22(29)27-19-11-13-21(14-12-19)33-23(17-5-3-2-4-6-17)24(30)28-20-9-7-18(26)8-10-20/h2-15,23H,1H3,(H,27,29)(H,28,30)(H,31,32)/b16-15+/t23-/m0/s1. The van der Waals surface area contributed by atoms with Crippen LogP contribution in [0, 0.1) is 0 Å². The minimum atomic E-state index is -1.15. The number of carboxylic acid groups (broad SMARTS) is 1. The molecule has 8 heteroatoms. The van der Waals surface area contributed by atoms with Gasteiger partial charge in [0.05, 0.1) is 0 Å². The molecule has 3 aromatic rings. The number of carboxylic acids is 1. The molecule has 6 nitrogen and oxygen atoms in total. The monoisotopic (exact) mass is 480 g/mol. The molecule has 0 aliphatic rings. The average molecular weight is 481 g/mol. The molecular formula is C25H21ClN2O4S. The molecule has 0 aliphatic heterocycles. The number of nitrogens with one attached hydrogen (secondary N) is 2. The molecule has 0 heterocycles. The van der Waals surface area contributed by atoms with Gasteiger partial charge >= 0.3 is 5.97 Å². The lowest BCUT2D eigenvalue weighted by atomic mass is 10.1. The van der Waals surface area contributed by atoms with Crippen LogP contribution in [0.3, 0.4) is 0 Å². The molecule has 3 rings (SSSR count). The molecule has 0 fully saturated rings. The van der Waals surface area contributed by atoms with E-state index in [1.807, 2.05) is 30.3 Å². The Labute approximate surface area is 200 Å². The lowest BCUT2D eigenvalue weighted by Gasteiger charge is -2.17. The first-order valence-electron chi connectivity index (χ1n) is 9.92. The van der Waals surface area contributed by atoms with Gasteiger partial charge in [-0.25, -0.2) is 4.79 Å². The number of hydrogen-bond donors (Lipinski definition) is 3. The SMILES string of the molecule is C/C(=C\C(=O)Nc1ccc(S[C@H](C(=O)Nc2ccc(Cl)cc2)c2ccccc2)cc1)C(=O)O. The third kappa shape index (κ3) is 7.24. The van der Waals surface area contributed by atoms with Crippen molar-refractivity contribution in [3.63, 3.8) is 0 Å². The summed E-state index contributed by atoms with van der Waals surface area (Å²) in [4.78, 5) is 36.7. The molecule has 2 amide bonds. The van der Waals surface area contributed by atoms with Crippen LogP contribution in [0.5, 0.6) is 0 Å². The number of thioether (sulfide) groups is 1. The predicted molar refractivity (Wildman–Crippen MR) is 132 cm³/mol. The first-order valence-corrected chi connectivity index (χ1v) is 11.2. The van der Waals surface area contributed by atoms with Gasteiger partial charge in [-0.1, -0.05) is 41.9 Å². The average Bonchev–Trinajstić information content (AvgIpc) is 2.80. The number of rotatable bonds is 8.